The molecule has 1 fully saturated rings. The molecule has 1 saturated heterocycles. The maximum absolute atomic E-state index is 12.1. The SMILES string of the molecule is CCN1CCN(C(=O)c2cc(C(=O)O)co2)CC1. The molecule has 6 heteroatoms. The van der Waals surface area contributed by atoms with Gasteiger partial charge < -0.3 is 19.3 Å². The highest BCUT2D eigenvalue weighted by Gasteiger charge is 2.24. The molecule has 0 saturated carbocycles. The van der Waals surface area contributed by atoms with E-state index in [0.717, 1.165) is 25.9 Å². The summed E-state index contributed by atoms with van der Waals surface area (Å²) in [6, 6.07) is 1.27. The molecule has 2 heterocycles. The number of furan rings is 1. The van der Waals surface area contributed by atoms with Gasteiger partial charge in [-0.1, -0.05) is 6.92 Å². The van der Waals surface area contributed by atoms with Crippen LogP contribution in [-0.2, 0) is 0 Å². The molecule has 0 atom stereocenters. The minimum absolute atomic E-state index is 0.00513. The largest absolute Gasteiger partial charge is 0.478 e. The van der Waals surface area contributed by atoms with Crippen LogP contribution in [0.3, 0.4) is 0 Å². The lowest BCUT2D eigenvalue weighted by Crippen LogP contribution is -2.48. The summed E-state index contributed by atoms with van der Waals surface area (Å²) in [5.74, 6) is -1.23. The Bertz CT molecular complexity index is 447. The van der Waals surface area contributed by atoms with E-state index in [9.17, 15) is 9.59 Å². The fourth-order valence-electron chi connectivity index (χ4n) is 1.98. The Balaban J connectivity index is 2.01. The summed E-state index contributed by atoms with van der Waals surface area (Å²) < 4.78 is 5.01. The molecule has 6 nitrogen and oxygen atoms in total. The van der Waals surface area contributed by atoms with Crippen LogP contribution in [0.15, 0.2) is 16.7 Å². The molecule has 1 aromatic heterocycles. The molecule has 18 heavy (non-hydrogen) atoms. The number of carbonyl (C=O) groups excluding carboxylic acids is 1. The fraction of sp³-hybridized carbons (Fsp3) is 0.500. The summed E-state index contributed by atoms with van der Waals surface area (Å²) >= 11 is 0. The van der Waals surface area contributed by atoms with Crippen molar-refractivity contribution in [2.75, 3.05) is 32.7 Å². The van der Waals surface area contributed by atoms with E-state index in [1.807, 2.05) is 0 Å². The van der Waals surface area contributed by atoms with Gasteiger partial charge >= 0.3 is 5.97 Å². The van der Waals surface area contributed by atoms with Crippen LogP contribution in [0.4, 0.5) is 0 Å². The molecular weight excluding hydrogens is 236 g/mol. The van der Waals surface area contributed by atoms with E-state index in [1.165, 1.54) is 6.07 Å². The number of amides is 1. The highest BCUT2D eigenvalue weighted by atomic mass is 16.4. The van der Waals surface area contributed by atoms with Crippen molar-refractivity contribution >= 4 is 11.9 Å². The molecule has 2 rings (SSSR count). The normalized spacial score (nSPS) is 16.8. The highest BCUT2D eigenvalue weighted by Crippen LogP contribution is 2.12. The molecule has 0 spiro atoms. The summed E-state index contributed by atoms with van der Waals surface area (Å²) in [7, 11) is 0. The number of nitrogens with zero attached hydrogens (tertiary/aromatic N) is 2. The van der Waals surface area contributed by atoms with Gasteiger partial charge in [-0.3, -0.25) is 4.79 Å². The van der Waals surface area contributed by atoms with Gasteiger partial charge in [0.25, 0.3) is 5.91 Å². The van der Waals surface area contributed by atoms with Gasteiger partial charge in [0, 0.05) is 32.2 Å². The predicted octanol–water partition coefficient (Wildman–Crippen LogP) is 0.755. The summed E-state index contributed by atoms with van der Waals surface area (Å²) in [6.45, 7) is 6.05. The van der Waals surface area contributed by atoms with E-state index >= 15 is 0 Å². The first-order chi connectivity index (χ1) is 8.61. The van der Waals surface area contributed by atoms with Crippen LogP contribution >= 0.6 is 0 Å². The first-order valence-corrected chi connectivity index (χ1v) is 5.95. The third kappa shape index (κ3) is 2.53. The molecule has 0 radical (unpaired) electrons. The summed E-state index contributed by atoms with van der Waals surface area (Å²) in [5, 5.41) is 8.77. The van der Waals surface area contributed by atoms with E-state index < -0.39 is 5.97 Å². The maximum Gasteiger partial charge on any atom is 0.338 e. The van der Waals surface area contributed by atoms with Crippen molar-refractivity contribution in [3.63, 3.8) is 0 Å². The Kier molecular flexibility index (Phi) is 3.66. The van der Waals surface area contributed by atoms with Crippen molar-refractivity contribution in [3.8, 4) is 0 Å². The number of piperazine rings is 1. The van der Waals surface area contributed by atoms with Gasteiger partial charge in [0.2, 0.25) is 0 Å². The second-order valence-electron chi connectivity index (χ2n) is 4.23. The molecule has 0 aliphatic carbocycles. The van der Waals surface area contributed by atoms with Crippen molar-refractivity contribution in [2.24, 2.45) is 0 Å². The molecule has 0 aromatic carbocycles. The summed E-state index contributed by atoms with van der Waals surface area (Å²) in [6.07, 6.45) is 1.10. The number of carbonyl (C=O) groups is 2. The summed E-state index contributed by atoms with van der Waals surface area (Å²) in [5.41, 5.74) is 0.00513. The van der Waals surface area contributed by atoms with Crippen molar-refractivity contribution in [1.29, 1.82) is 0 Å². The lowest BCUT2D eigenvalue weighted by molar-refractivity contribution is 0.0611. The molecule has 0 unspecified atom stereocenters. The molecular formula is C12H16N2O4. The van der Waals surface area contributed by atoms with E-state index in [-0.39, 0.29) is 17.2 Å². The lowest BCUT2D eigenvalue weighted by Gasteiger charge is -2.33. The third-order valence-corrected chi connectivity index (χ3v) is 3.16. The van der Waals surface area contributed by atoms with Crippen LogP contribution < -0.4 is 0 Å². The zero-order valence-corrected chi connectivity index (χ0v) is 10.3. The number of hydrogen-bond acceptors (Lipinski definition) is 4. The standard InChI is InChI=1S/C12H16N2O4/c1-2-13-3-5-14(6-4-13)11(15)10-7-9(8-18-10)12(16)17/h7-8H,2-6H2,1H3,(H,16,17). The Morgan fingerprint density at radius 3 is 2.50 bits per heavy atom. The van der Waals surface area contributed by atoms with Crippen molar-refractivity contribution in [2.45, 2.75) is 6.92 Å². The predicted molar refractivity (Wildman–Crippen MR) is 63.7 cm³/mol. The Hall–Kier alpha value is -1.82. The number of likely N-dealkylation sites (N-methyl/N-ethyl adjacent to an activating group) is 1. The first kappa shape index (κ1) is 12.6. The monoisotopic (exact) mass is 252 g/mol. The Morgan fingerprint density at radius 1 is 1.33 bits per heavy atom. The van der Waals surface area contributed by atoms with Gasteiger partial charge in [-0.2, -0.15) is 0 Å². The Labute approximate surface area is 105 Å². The van der Waals surface area contributed by atoms with Crippen LogP contribution in [0.1, 0.15) is 27.8 Å². The van der Waals surface area contributed by atoms with E-state index in [4.69, 9.17) is 9.52 Å². The number of aromatic carboxylic acids is 1. The molecule has 1 aliphatic rings. The van der Waals surface area contributed by atoms with Gasteiger partial charge in [-0.25, -0.2) is 4.79 Å². The van der Waals surface area contributed by atoms with E-state index in [0.29, 0.717) is 13.1 Å². The molecule has 1 aliphatic heterocycles. The van der Waals surface area contributed by atoms with Crippen molar-refractivity contribution in [3.05, 3.63) is 23.7 Å². The second-order valence-corrected chi connectivity index (χ2v) is 4.23. The number of carboxylic acids is 1. The van der Waals surface area contributed by atoms with Gasteiger partial charge in [-0.15, -0.1) is 0 Å². The van der Waals surface area contributed by atoms with Crippen LogP contribution in [0.25, 0.3) is 0 Å². The minimum Gasteiger partial charge on any atom is -0.478 e. The molecule has 98 valence electrons. The average molecular weight is 252 g/mol. The number of hydrogen-bond donors (Lipinski definition) is 1. The van der Waals surface area contributed by atoms with E-state index in [1.54, 1.807) is 4.90 Å². The van der Waals surface area contributed by atoms with Crippen LogP contribution in [0.2, 0.25) is 0 Å². The number of rotatable bonds is 3. The topological polar surface area (TPSA) is 74.0 Å². The van der Waals surface area contributed by atoms with Crippen LogP contribution in [0, 0.1) is 0 Å². The fourth-order valence-corrected chi connectivity index (χ4v) is 1.98. The average Bonchev–Trinajstić information content (AvgIpc) is 2.88. The molecule has 1 aromatic rings. The zero-order valence-electron chi connectivity index (χ0n) is 10.3. The smallest absolute Gasteiger partial charge is 0.338 e. The maximum atomic E-state index is 12.1. The quantitative estimate of drug-likeness (QED) is 0.859. The number of carboxylic acid groups (broad SMARTS) is 1. The Morgan fingerprint density at radius 2 is 2.00 bits per heavy atom. The van der Waals surface area contributed by atoms with Gasteiger partial charge in [0.1, 0.15) is 6.26 Å². The van der Waals surface area contributed by atoms with Crippen LogP contribution in [-0.4, -0.2) is 59.5 Å². The third-order valence-electron chi connectivity index (χ3n) is 3.16. The minimum atomic E-state index is -1.09. The van der Waals surface area contributed by atoms with Crippen molar-refractivity contribution in [1.82, 2.24) is 9.80 Å². The van der Waals surface area contributed by atoms with Gasteiger partial charge in [0.05, 0.1) is 5.56 Å². The van der Waals surface area contributed by atoms with Crippen molar-refractivity contribution < 1.29 is 19.1 Å². The van der Waals surface area contributed by atoms with E-state index in [2.05, 4.69) is 11.8 Å². The molecule has 0 bridgehead atoms. The summed E-state index contributed by atoms with van der Waals surface area (Å²) in [4.78, 5) is 26.7. The lowest BCUT2D eigenvalue weighted by atomic mass is 10.2. The van der Waals surface area contributed by atoms with Gasteiger partial charge in [0.15, 0.2) is 5.76 Å². The zero-order chi connectivity index (χ0) is 13.1. The molecule has 1 amide bonds. The highest BCUT2D eigenvalue weighted by molar-refractivity contribution is 5.95. The second kappa shape index (κ2) is 5.22. The molecule has 1 N–H and O–H groups in total. The first-order valence-electron chi connectivity index (χ1n) is 5.95. The van der Waals surface area contributed by atoms with Crippen LogP contribution in [0.5, 0.6) is 0 Å². The van der Waals surface area contributed by atoms with Gasteiger partial charge in [-0.05, 0) is 6.54 Å².